The topological polar surface area (TPSA) is 214 Å². The summed E-state index contributed by atoms with van der Waals surface area (Å²) < 4.78 is 31.6. The van der Waals surface area contributed by atoms with Crippen molar-refractivity contribution in [3.05, 3.63) is 0 Å². The highest BCUT2D eigenvalue weighted by atomic mass is 16.6. The lowest BCUT2D eigenvalue weighted by Crippen LogP contribution is -2.47. The predicted molar refractivity (Wildman–Crippen MR) is 224 cm³/mol. The average molecular weight is 846 g/mol. The van der Waals surface area contributed by atoms with Crippen LogP contribution in [0, 0.1) is 0 Å². The van der Waals surface area contributed by atoms with Crippen molar-refractivity contribution in [2.75, 3.05) is 65.9 Å². The van der Waals surface area contributed by atoms with Crippen LogP contribution in [-0.2, 0) is 57.2 Å². The number of aliphatic carboxylic acids is 1. The molecule has 1 atom stereocenters. The molecule has 0 aliphatic heterocycles. The van der Waals surface area contributed by atoms with Crippen molar-refractivity contribution >= 4 is 35.6 Å². The summed E-state index contributed by atoms with van der Waals surface area (Å²) in [5, 5.41) is 16.7. The van der Waals surface area contributed by atoms with Gasteiger partial charge in [0.2, 0.25) is 17.7 Å². The van der Waals surface area contributed by atoms with Crippen LogP contribution in [0.5, 0.6) is 0 Å². The van der Waals surface area contributed by atoms with Gasteiger partial charge in [0.05, 0.1) is 39.6 Å². The van der Waals surface area contributed by atoms with Crippen molar-refractivity contribution in [2.45, 2.75) is 174 Å². The molecule has 344 valence electrons. The zero-order valence-corrected chi connectivity index (χ0v) is 37.2. The maximum Gasteiger partial charge on any atom is 0.329 e. The van der Waals surface area contributed by atoms with E-state index < -0.39 is 35.1 Å². The molecule has 0 saturated carbocycles. The summed E-state index contributed by atoms with van der Waals surface area (Å²) in [6.07, 6.45) is 16.5. The van der Waals surface area contributed by atoms with Crippen molar-refractivity contribution in [3.63, 3.8) is 0 Å². The SMILES string of the molecule is CC(C)(C)OC(=O)CCCCCCCCCCCCCCCCC(=O)N[C@@H](CCC(=O)OC(C)(C)C)C(=O)NCCOCCOCC(=O)NCCOCCOCC(=O)O. The van der Waals surface area contributed by atoms with E-state index in [1.54, 1.807) is 20.8 Å². The molecule has 0 aromatic carbocycles. The van der Waals surface area contributed by atoms with Gasteiger partial charge in [-0.3, -0.25) is 24.0 Å². The molecule has 16 nitrogen and oxygen atoms in total. The maximum atomic E-state index is 13.0. The van der Waals surface area contributed by atoms with Crippen LogP contribution >= 0.6 is 0 Å². The van der Waals surface area contributed by atoms with E-state index in [0.717, 1.165) is 38.5 Å². The standard InChI is InChI=1S/C43H79N3O13/c1-42(2,3)58-39(51)22-20-18-16-14-12-10-8-7-9-11-13-15-17-19-21-36(47)46-35(23-24-40(52)59-43(4,5)6)41(53)45-26-28-55-29-31-56-33-37(48)44-25-27-54-30-32-57-34-38(49)50/h35H,7-34H2,1-6H3,(H,44,48)(H,45,53)(H,46,47)(H,49,50)/t35-/m0/s1. The van der Waals surface area contributed by atoms with Gasteiger partial charge in [-0.25, -0.2) is 4.79 Å². The van der Waals surface area contributed by atoms with Gasteiger partial charge in [0, 0.05) is 32.4 Å². The number of rotatable bonds is 38. The fourth-order valence-electron chi connectivity index (χ4n) is 5.71. The normalized spacial score (nSPS) is 12.1. The quantitative estimate of drug-likeness (QED) is 0.0443. The number of hydrogen-bond acceptors (Lipinski definition) is 12. The fraction of sp³-hybridized carbons (Fsp3) is 0.860. The fourth-order valence-corrected chi connectivity index (χ4v) is 5.71. The summed E-state index contributed by atoms with van der Waals surface area (Å²) in [7, 11) is 0. The van der Waals surface area contributed by atoms with E-state index in [2.05, 4.69) is 16.0 Å². The van der Waals surface area contributed by atoms with Gasteiger partial charge >= 0.3 is 17.9 Å². The minimum Gasteiger partial charge on any atom is -0.480 e. The summed E-state index contributed by atoms with van der Waals surface area (Å²) in [6.45, 7) is 12.0. The molecule has 0 unspecified atom stereocenters. The number of hydrogen-bond donors (Lipinski definition) is 4. The van der Waals surface area contributed by atoms with E-state index in [-0.39, 0.29) is 96.6 Å². The second-order valence-electron chi connectivity index (χ2n) is 16.6. The second-order valence-corrected chi connectivity index (χ2v) is 16.6. The van der Waals surface area contributed by atoms with Gasteiger partial charge in [-0.1, -0.05) is 77.0 Å². The first-order chi connectivity index (χ1) is 28.0. The van der Waals surface area contributed by atoms with E-state index in [4.69, 9.17) is 33.5 Å². The predicted octanol–water partition coefficient (Wildman–Crippen LogP) is 5.56. The monoisotopic (exact) mass is 846 g/mol. The van der Waals surface area contributed by atoms with Crippen LogP contribution in [0.3, 0.4) is 0 Å². The van der Waals surface area contributed by atoms with Crippen molar-refractivity contribution in [1.29, 1.82) is 0 Å². The third-order valence-corrected chi connectivity index (χ3v) is 8.48. The molecule has 0 radical (unpaired) electrons. The number of ether oxygens (including phenoxy) is 6. The Hall–Kier alpha value is -3.34. The first-order valence-corrected chi connectivity index (χ1v) is 21.8. The number of carboxylic acid groups (broad SMARTS) is 1. The number of carbonyl (C=O) groups is 6. The van der Waals surface area contributed by atoms with Crippen LogP contribution in [0.15, 0.2) is 0 Å². The molecule has 4 N–H and O–H groups in total. The minimum atomic E-state index is -1.05. The minimum absolute atomic E-state index is 0.0228. The molecule has 0 aromatic rings. The Bertz CT molecular complexity index is 1150. The molecule has 0 saturated heterocycles. The molecular weight excluding hydrogens is 766 g/mol. The Morgan fingerprint density at radius 1 is 0.475 bits per heavy atom. The summed E-state index contributed by atoms with van der Waals surface area (Å²) >= 11 is 0. The Kier molecular flexibility index (Phi) is 33.4. The lowest BCUT2D eigenvalue weighted by atomic mass is 10.0. The smallest absolute Gasteiger partial charge is 0.329 e. The van der Waals surface area contributed by atoms with E-state index >= 15 is 0 Å². The van der Waals surface area contributed by atoms with Gasteiger partial charge in [-0.15, -0.1) is 0 Å². The second kappa shape index (κ2) is 35.4. The van der Waals surface area contributed by atoms with Crippen LogP contribution < -0.4 is 16.0 Å². The molecule has 0 aliphatic carbocycles. The highest BCUT2D eigenvalue weighted by molar-refractivity contribution is 5.88. The summed E-state index contributed by atoms with van der Waals surface area (Å²) in [6, 6.07) is -0.892. The number of nitrogens with one attached hydrogen (secondary N) is 3. The van der Waals surface area contributed by atoms with Gasteiger partial charge in [-0.05, 0) is 60.8 Å². The molecule has 16 heteroatoms. The molecule has 3 amide bonds. The lowest BCUT2D eigenvalue weighted by Gasteiger charge is -2.21. The maximum absolute atomic E-state index is 13.0. The first-order valence-electron chi connectivity index (χ1n) is 21.8. The van der Waals surface area contributed by atoms with Crippen LogP contribution in [0.25, 0.3) is 0 Å². The largest absolute Gasteiger partial charge is 0.480 e. The van der Waals surface area contributed by atoms with Crippen molar-refractivity contribution in [1.82, 2.24) is 16.0 Å². The van der Waals surface area contributed by atoms with Crippen molar-refractivity contribution in [2.24, 2.45) is 0 Å². The molecule has 0 rings (SSSR count). The first kappa shape index (κ1) is 55.7. The van der Waals surface area contributed by atoms with E-state index in [1.165, 1.54) is 51.4 Å². The van der Waals surface area contributed by atoms with Crippen LogP contribution in [0.2, 0.25) is 0 Å². The highest BCUT2D eigenvalue weighted by Gasteiger charge is 2.24. The molecule has 0 bridgehead atoms. The van der Waals surface area contributed by atoms with E-state index in [9.17, 15) is 28.8 Å². The van der Waals surface area contributed by atoms with Crippen LogP contribution in [0.4, 0.5) is 0 Å². The summed E-state index contributed by atoms with van der Waals surface area (Å²) in [4.78, 5) is 72.1. The number of unbranched alkanes of at least 4 members (excludes halogenated alkanes) is 13. The third kappa shape index (κ3) is 41.2. The lowest BCUT2D eigenvalue weighted by molar-refractivity contribution is -0.156. The third-order valence-electron chi connectivity index (χ3n) is 8.48. The van der Waals surface area contributed by atoms with Crippen molar-refractivity contribution in [3.8, 4) is 0 Å². The van der Waals surface area contributed by atoms with Gasteiger partial charge < -0.3 is 49.5 Å². The highest BCUT2D eigenvalue weighted by Crippen LogP contribution is 2.15. The molecule has 0 spiro atoms. The van der Waals surface area contributed by atoms with E-state index in [0.29, 0.717) is 12.8 Å². The number of esters is 2. The molecule has 0 heterocycles. The average Bonchev–Trinajstić information content (AvgIpc) is 3.13. The molecule has 0 aliphatic rings. The molecular formula is C43H79N3O13. The Morgan fingerprint density at radius 3 is 1.36 bits per heavy atom. The number of carbonyl (C=O) groups excluding carboxylic acids is 5. The van der Waals surface area contributed by atoms with Gasteiger partial charge in [0.25, 0.3) is 0 Å². The zero-order chi connectivity index (χ0) is 44.2. The number of carboxylic acids is 1. The Balaban J connectivity index is 4.13. The summed E-state index contributed by atoms with van der Waals surface area (Å²) in [5.41, 5.74) is -1.07. The van der Waals surface area contributed by atoms with Gasteiger partial charge in [0.15, 0.2) is 0 Å². The molecule has 59 heavy (non-hydrogen) atoms. The summed E-state index contributed by atoms with van der Waals surface area (Å²) in [5.74, 6) is -2.57. The Labute approximate surface area is 353 Å². The van der Waals surface area contributed by atoms with Crippen molar-refractivity contribution < 1.29 is 62.3 Å². The Morgan fingerprint density at radius 2 is 0.881 bits per heavy atom. The number of amides is 3. The van der Waals surface area contributed by atoms with Crippen LogP contribution in [0.1, 0.15) is 157 Å². The zero-order valence-electron chi connectivity index (χ0n) is 37.2. The van der Waals surface area contributed by atoms with E-state index in [1.807, 2.05) is 20.8 Å². The molecule has 0 aromatic heterocycles. The van der Waals surface area contributed by atoms with Crippen LogP contribution in [-0.4, -0.2) is 124 Å². The molecule has 0 fully saturated rings. The van der Waals surface area contributed by atoms with Gasteiger partial charge in [0.1, 0.15) is 30.5 Å². The van der Waals surface area contributed by atoms with Gasteiger partial charge in [-0.2, -0.15) is 0 Å².